The summed E-state index contributed by atoms with van der Waals surface area (Å²) in [6.07, 6.45) is 6.59. The maximum atomic E-state index is 13.9. The lowest BCUT2D eigenvalue weighted by molar-refractivity contribution is -0.0548. The fraction of sp³-hybridized carbons (Fsp3) is 0.385. The summed E-state index contributed by atoms with van der Waals surface area (Å²) in [7, 11) is 1.49. The van der Waals surface area contributed by atoms with Crippen LogP contribution in [0.5, 0.6) is 5.88 Å². The Morgan fingerprint density at radius 3 is 2.71 bits per heavy atom. The van der Waals surface area contributed by atoms with Crippen molar-refractivity contribution in [3.8, 4) is 5.88 Å². The second-order valence-corrected chi connectivity index (χ2v) is 8.68. The number of rotatable bonds is 8. The summed E-state index contributed by atoms with van der Waals surface area (Å²) in [6.45, 7) is 0.322. The van der Waals surface area contributed by atoms with Gasteiger partial charge in [0.15, 0.2) is 0 Å². The number of fused-ring (bicyclic) bond motifs is 1. The molecule has 1 aliphatic rings. The van der Waals surface area contributed by atoms with E-state index < -0.39 is 29.4 Å². The quantitative estimate of drug-likeness (QED) is 0.456. The first-order valence-corrected chi connectivity index (χ1v) is 11.5. The zero-order chi connectivity index (χ0) is 24.1. The summed E-state index contributed by atoms with van der Waals surface area (Å²) >= 11 is 0. The molecule has 2 atom stereocenters. The molecule has 34 heavy (non-hydrogen) atoms. The number of para-hydroxylation sites is 1. The summed E-state index contributed by atoms with van der Waals surface area (Å²) in [5, 5.41) is 26.1. The van der Waals surface area contributed by atoms with Gasteiger partial charge in [-0.2, -0.15) is 0 Å². The highest BCUT2D eigenvalue weighted by atomic mass is 19.1. The van der Waals surface area contributed by atoms with Crippen LogP contribution in [0, 0.1) is 11.6 Å². The average Bonchev–Trinajstić information content (AvgIpc) is 2.87. The number of benzene rings is 2. The van der Waals surface area contributed by atoms with Crippen LogP contribution in [0.25, 0.3) is 17.1 Å². The van der Waals surface area contributed by atoms with Gasteiger partial charge < -0.3 is 20.3 Å². The van der Waals surface area contributed by atoms with E-state index in [1.54, 1.807) is 24.3 Å². The molecule has 3 aromatic rings. The molecule has 180 valence electrons. The van der Waals surface area contributed by atoms with E-state index in [-0.39, 0.29) is 5.56 Å². The molecule has 3 N–H and O–H groups in total. The molecule has 1 fully saturated rings. The van der Waals surface area contributed by atoms with E-state index in [1.807, 2.05) is 0 Å². The average molecular weight is 470 g/mol. The predicted molar refractivity (Wildman–Crippen MR) is 126 cm³/mol. The maximum absolute atomic E-state index is 13.9. The van der Waals surface area contributed by atoms with Crippen LogP contribution in [0.15, 0.2) is 48.7 Å². The van der Waals surface area contributed by atoms with E-state index in [2.05, 4.69) is 15.3 Å². The molecular formula is C26H29F2N3O3. The molecule has 6 nitrogen and oxygen atoms in total. The molecule has 0 unspecified atom stereocenters. The Morgan fingerprint density at radius 2 is 1.94 bits per heavy atom. The highest BCUT2D eigenvalue weighted by molar-refractivity contribution is 5.78. The van der Waals surface area contributed by atoms with E-state index in [4.69, 9.17) is 4.74 Å². The molecule has 0 amide bonds. The van der Waals surface area contributed by atoms with Crippen LogP contribution in [0.1, 0.15) is 49.3 Å². The van der Waals surface area contributed by atoms with Crippen molar-refractivity contribution in [3.05, 3.63) is 71.4 Å². The first-order chi connectivity index (χ1) is 16.4. The number of ether oxygens (including phenoxy) is 1. The third-order valence-electron chi connectivity index (χ3n) is 6.55. The summed E-state index contributed by atoms with van der Waals surface area (Å²) in [4.78, 5) is 8.76. The van der Waals surface area contributed by atoms with Crippen molar-refractivity contribution in [3.63, 3.8) is 0 Å². The monoisotopic (exact) mass is 469 g/mol. The van der Waals surface area contributed by atoms with Gasteiger partial charge in [-0.3, -0.25) is 0 Å². The predicted octanol–water partition coefficient (Wildman–Crippen LogP) is 4.32. The zero-order valence-corrected chi connectivity index (χ0v) is 19.0. The first kappa shape index (κ1) is 24.2. The van der Waals surface area contributed by atoms with Crippen molar-refractivity contribution < 1.29 is 23.7 Å². The molecule has 1 aliphatic carbocycles. The Balaban J connectivity index is 1.56. The number of nitrogens with one attached hydrogen (secondary N) is 1. The van der Waals surface area contributed by atoms with Gasteiger partial charge in [-0.1, -0.05) is 43.5 Å². The number of halogens is 2. The topological polar surface area (TPSA) is 87.5 Å². The molecule has 1 heterocycles. The minimum atomic E-state index is -1.21. The van der Waals surface area contributed by atoms with Crippen LogP contribution in [0.2, 0.25) is 0 Å². The molecule has 0 radical (unpaired) electrons. The SMILES string of the molecule is COc1cnc2cccc([C@@H](O)[C@H](O)C3(NCC=Cc4cc(F)ccc4F)CCCCC3)c2n1. The Hall–Kier alpha value is -2.94. The van der Waals surface area contributed by atoms with Crippen molar-refractivity contribution >= 4 is 17.1 Å². The second-order valence-electron chi connectivity index (χ2n) is 8.68. The number of methoxy groups -OCH3 is 1. The molecule has 4 rings (SSSR count). The maximum Gasteiger partial charge on any atom is 0.232 e. The molecule has 0 bridgehead atoms. The van der Waals surface area contributed by atoms with Gasteiger partial charge in [0, 0.05) is 23.2 Å². The van der Waals surface area contributed by atoms with E-state index in [0.29, 0.717) is 41.9 Å². The van der Waals surface area contributed by atoms with Crippen LogP contribution in [0.3, 0.4) is 0 Å². The van der Waals surface area contributed by atoms with Crippen LogP contribution in [0.4, 0.5) is 8.78 Å². The largest absolute Gasteiger partial charge is 0.480 e. The lowest BCUT2D eigenvalue weighted by Gasteiger charge is -2.43. The third kappa shape index (κ3) is 5.09. The molecule has 2 aromatic carbocycles. The summed E-state index contributed by atoms with van der Waals surface area (Å²) < 4.78 is 32.5. The van der Waals surface area contributed by atoms with Gasteiger partial charge in [0.05, 0.1) is 24.3 Å². The Kier molecular flexibility index (Phi) is 7.50. The van der Waals surface area contributed by atoms with Gasteiger partial charge in [-0.05, 0) is 37.1 Å². The van der Waals surface area contributed by atoms with Crippen LogP contribution in [-0.4, -0.2) is 45.5 Å². The standard InChI is InChI=1S/C26H29F2N3O3/c1-34-22-16-29-21-9-5-8-19(23(21)31-22)24(32)25(33)26(12-3-2-4-13-26)30-14-6-7-17-15-18(27)10-11-20(17)28/h5-11,15-16,24-25,30,32-33H,2-4,12-14H2,1H3/t24-,25+/m1/s1. The summed E-state index contributed by atoms with van der Waals surface area (Å²) in [6, 6.07) is 8.59. The van der Waals surface area contributed by atoms with Gasteiger partial charge >= 0.3 is 0 Å². The number of aromatic nitrogens is 2. The number of aliphatic hydroxyl groups excluding tert-OH is 2. The molecule has 0 aliphatic heterocycles. The smallest absolute Gasteiger partial charge is 0.232 e. The van der Waals surface area contributed by atoms with Crippen molar-refractivity contribution in [1.29, 1.82) is 0 Å². The van der Waals surface area contributed by atoms with E-state index >= 15 is 0 Å². The lowest BCUT2D eigenvalue weighted by Crippen LogP contribution is -2.57. The highest BCUT2D eigenvalue weighted by Crippen LogP contribution is 2.37. The van der Waals surface area contributed by atoms with Gasteiger partial charge in [0.2, 0.25) is 5.88 Å². The minimum absolute atomic E-state index is 0.156. The number of hydrogen-bond acceptors (Lipinski definition) is 6. The molecule has 1 saturated carbocycles. The Bertz CT molecular complexity index is 1170. The molecule has 8 heteroatoms. The zero-order valence-electron chi connectivity index (χ0n) is 19.0. The van der Waals surface area contributed by atoms with Gasteiger partial charge in [0.25, 0.3) is 0 Å². The summed E-state index contributed by atoms with van der Waals surface area (Å²) in [5.41, 5.74) is 0.955. The fourth-order valence-electron chi connectivity index (χ4n) is 4.70. The van der Waals surface area contributed by atoms with E-state index in [9.17, 15) is 19.0 Å². The van der Waals surface area contributed by atoms with Crippen molar-refractivity contribution in [1.82, 2.24) is 15.3 Å². The third-order valence-corrected chi connectivity index (χ3v) is 6.55. The van der Waals surface area contributed by atoms with Gasteiger partial charge in [-0.15, -0.1) is 0 Å². The normalized spacial score (nSPS) is 17.7. The van der Waals surface area contributed by atoms with Crippen LogP contribution in [-0.2, 0) is 0 Å². The van der Waals surface area contributed by atoms with Crippen LogP contribution < -0.4 is 10.1 Å². The summed E-state index contributed by atoms with van der Waals surface area (Å²) in [5.74, 6) is -0.694. The fourth-order valence-corrected chi connectivity index (χ4v) is 4.70. The molecule has 1 aromatic heterocycles. The van der Waals surface area contributed by atoms with Crippen molar-refractivity contribution in [2.24, 2.45) is 0 Å². The second kappa shape index (κ2) is 10.5. The number of nitrogens with zero attached hydrogens (tertiary/aromatic N) is 2. The Morgan fingerprint density at radius 1 is 1.15 bits per heavy atom. The lowest BCUT2D eigenvalue weighted by atomic mass is 9.74. The van der Waals surface area contributed by atoms with E-state index in [1.165, 1.54) is 19.4 Å². The number of hydrogen-bond donors (Lipinski definition) is 3. The number of aliphatic hydroxyl groups is 2. The molecule has 0 saturated heterocycles. The van der Waals surface area contributed by atoms with E-state index in [0.717, 1.165) is 37.5 Å². The highest BCUT2D eigenvalue weighted by Gasteiger charge is 2.42. The van der Waals surface area contributed by atoms with Gasteiger partial charge in [0.1, 0.15) is 23.8 Å². The minimum Gasteiger partial charge on any atom is -0.480 e. The van der Waals surface area contributed by atoms with Crippen molar-refractivity contribution in [2.75, 3.05) is 13.7 Å². The Labute approximate surface area is 197 Å². The van der Waals surface area contributed by atoms with Crippen LogP contribution >= 0.6 is 0 Å². The molecule has 0 spiro atoms. The first-order valence-electron chi connectivity index (χ1n) is 11.5. The molecular weight excluding hydrogens is 440 g/mol. The van der Waals surface area contributed by atoms with Crippen molar-refractivity contribution in [2.45, 2.75) is 49.9 Å². The van der Waals surface area contributed by atoms with Gasteiger partial charge in [-0.25, -0.2) is 18.7 Å².